The molecule has 1 fully saturated rings. The topological polar surface area (TPSA) is 21.3 Å². The number of benzene rings is 2. The van der Waals surface area contributed by atoms with Crippen LogP contribution in [0.5, 0.6) is 5.75 Å². The summed E-state index contributed by atoms with van der Waals surface area (Å²) in [6.45, 7) is 2.17. The Hall–Kier alpha value is -1.87. The highest BCUT2D eigenvalue weighted by Crippen LogP contribution is 2.47. The predicted octanol–water partition coefficient (Wildman–Crippen LogP) is 4.06. The van der Waals surface area contributed by atoms with Crippen molar-refractivity contribution in [2.45, 2.75) is 24.7 Å². The second-order valence-electron chi connectivity index (χ2n) is 6.67. The minimum atomic E-state index is -0.292. The fourth-order valence-electron chi connectivity index (χ4n) is 4.36. The van der Waals surface area contributed by atoms with Crippen LogP contribution in [0.2, 0.25) is 0 Å². The maximum absolute atomic E-state index is 13.8. The maximum atomic E-state index is 13.8. The number of hydrogen-bond donors (Lipinski definition) is 1. The zero-order valence-corrected chi connectivity index (χ0v) is 13.4. The molecule has 4 rings (SSSR count). The van der Waals surface area contributed by atoms with Gasteiger partial charge in [0.25, 0.3) is 0 Å². The number of ether oxygens (including phenoxy) is 1. The third-order valence-corrected chi connectivity index (χ3v) is 5.51. The lowest BCUT2D eigenvalue weighted by Crippen LogP contribution is -2.38. The summed E-state index contributed by atoms with van der Waals surface area (Å²) in [5, 5.41) is 3.54. The van der Waals surface area contributed by atoms with Crippen molar-refractivity contribution >= 4 is 0 Å². The molecule has 1 heterocycles. The molecule has 120 valence electrons. The first-order chi connectivity index (χ1) is 11.3. The van der Waals surface area contributed by atoms with Gasteiger partial charge >= 0.3 is 0 Å². The zero-order chi connectivity index (χ0) is 15.8. The Morgan fingerprint density at radius 3 is 2.78 bits per heavy atom. The standard InChI is InChI=1S/C20H22FNO/c1-23-20-11-13(6-7-19(20)21)17-10-14-8-9-22-12-18(14)16-5-3-2-4-15(16)17/h2-7,11,14,17-18,22H,8-10,12H2,1H3. The number of hydrogen-bond acceptors (Lipinski definition) is 2. The molecular weight excluding hydrogens is 289 g/mol. The van der Waals surface area contributed by atoms with Crippen LogP contribution in [0.3, 0.4) is 0 Å². The van der Waals surface area contributed by atoms with Gasteiger partial charge in [-0.2, -0.15) is 0 Å². The molecule has 2 aromatic rings. The molecule has 2 nitrogen and oxygen atoms in total. The van der Waals surface area contributed by atoms with E-state index in [1.54, 1.807) is 0 Å². The number of fused-ring (bicyclic) bond motifs is 3. The lowest BCUT2D eigenvalue weighted by atomic mass is 9.66. The predicted molar refractivity (Wildman–Crippen MR) is 89.6 cm³/mol. The van der Waals surface area contributed by atoms with Gasteiger partial charge in [0.1, 0.15) is 0 Å². The van der Waals surface area contributed by atoms with Crippen molar-refractivity contribution in [3.8, 4) is 5.75 Å². The Kier molecular flexibility index (Phi) is 3.82. The van der Waals surface area contributed by atoms with Crippen LogP contribution in [-0.4, -0.2) is 20.2 Å². The Balaban J connectivity index is 1.79. The van der Waals surface area contributed by atoms with Crippen molar-refractivity contribution in [2.75, 3.05) is 20.2 Å². The average Bonchev–Trinajstić information content (AvgIpc) is 2.61. The number of rotatable bonds is 2. The molecule has 1 aliphatic carbocycles. The number of nitrogens with one attached hydrogen (secondary N) is 1. The fraction of sp³-hybridized carbons (Fsp3) is 0.400. The van der Waals surface area contributed by atoms with Crippen LogP contribution < -0.4 is 10.1 Å². The van der Waals surface area contributed by atoms with Gasteiger partial charge in [-0.25, -0.2) is 4.39 Å². The normalized spacial score (nSPS) is 26.3. The highest BCUT2D eigenvalue weighted by molar-refractivity contribution is 5.45. The van der Waals surface area contributed by atoms with Gasteiger partial charge in [-0.05, 0) is 60.0 Å². The van der Waals surface area contributed by atoms with Crippen LogP contribution in [0, 0.1) is 11.7 Å². The summed E-state index contributed by atoms with van der Waals surface area (Å²) in [6, 6.07) is 14.1. The van der Waals surface area contributed by atoms with Crippen molar-refractivity contribution in [1.29, 1.82) is 0 Å². The Labute approximate surface area is 136 Å². The van der Waals surface area contributed by atoms with Gasteiger partial charge in [0.15, 0.2) is 11.6 Å². The van der Waals surface area contributed by atoms with Crippen molar-refractivity contribution in [2.24, 2.45) is 5.92 Å². The third kappa shape index (κ3) is 2.53. The Morgan fingerprint density at radius 1 is 1.13 bits per heavy atom. The van der Waals surface area contributed by atoms with Crippen LogP contribution >= 0.6 is 0 Å². The molecular formula is C20H22FNO. The molecule has 0 bridgehead atoms. The Bertz CT molecular complexity index is 715. The summed E-state index contributed by atoms with van der Waals surface area (Å²) in [6.07, 6.45) is 2.35. The summed E-state index contributed by atoms with van der Waals surface area (Å²) in [5.74, 6) is 1.69. The molecule has 1 aliphatic heterocycles. The minimum Gasteiger partial charge on any atom is -0.494 e. The average molecular weight is 311 g/mol. The zero-order valence-electron chi connectivity index (χ0n) is 13.4. The van der Waals surface area contributed by atoms with Gasteiger partial charge in [-0.3, -0.25) is 0 Å². The molecule has 1 saturated heterocycles. The summed E-state index contributed by atoms with van der Waals surface area (Å²) in [7, 11) is 1.53. The molecule has 1 N–H and O–H groups in total. The SMILES string of the molecule is COc1cc(C2CC3CCNCC3c3ccccc32)ccc1F. The van der Waals surface area contributed by atoms with E-state index in [4.69, 9.17) is 4.74 Å². The molecule has 2 aromatic carbocycles. The highest BCUT2D eigenvalue weighted by Gasteiger charge is 2.36. The van der Waals surface area contributed by atoms with E-state index in [0.29, 0.717) is 23.5 Å². The van der Waals surface area contributed by atoms with Gasteiger partial charge in [0.05, 0.1) is 7.11 Å². The van der Waals surface area contributed by atoms with E-state index in [0.717, 1.165) is 25.1 Å². The van der Waals surface area contributed by atoms with E-state index < -0.39 is 0 Å². The molecule has 3 unspecified atom stereocenters. The quantitative estimate of drug-likeness (QED) is 0.903. The molecule has 0 spiro atoms. The van der Waals surface area contributed by atoms with Crippen LogP contribution in [0.1, 0.15) is 41.4 Å². The number of piperidine rings is 1. The van der Waals surface area contributed by atoms with Crippen LogP contribution in [0.15, 0.2) is 42.5 Å². The third-order valence-electron chi connectivity index (χ3n) is 5.51. The number of methoxy groups -OCH3 is 1. The van der Waals surface area contributed by atoms with Crippen LogP contribution in [0.25, 0.3) is 0 Å². The first-order valence-electron chi connectivity index (χ1n) is 8.41. The second kappa shape index (κ2) is 5.97. The van der Waals surface area contributed by atoms with E-state index in [9.17, 15) is 4.39 Å². The van der Waals surface area contributed by atoms with E-state index in [-0.39, 0.29) is 5.82 Å². The molecule has 0 aromatic heterocycles. The van der Waals surface area contributed by atoms with Gasteiger partial charge < -0.3 is 10.1 Å². The molecule has 0 amide bonds. The lowest BCUT2D eigenvalue weighted by Gasteiger charge is -2.41. The Morgan fingerprint density at radius 2 is 1.96 bits per heavy atom. The smallest absolute Gasteiger partial charge is 0.165 e. The molecule has 0 radical (unpaired) electrons. The van der Waals surface area contributed by atoms with Crippen LogP contribution in [0.4, 0.5) is 4.39 Å². The fourth-order valence-corrected chi connectivity index (χ4v) is 4.36. The van der Waals surface area contributed by atoms with Gasteiger partial charge in [0, 0.05) is 12.5 Å². The van der Waals surface area contributed by atoms with E-state index >= 15 is 0 Å². The van der Waals surface area contributed by atoms with E-state index in [1.807, 2.05) is 12.1 Å². The van der Waals surface area contributed by atoms with Crippen molar-refractivity contribution in [1.82, 2.24) is 5.32 Å². The number of halogens is 1. The van der Waals surface area contributed by atoms with Gasteiger partial charge in [-0.1, -0.05) is 30.3 Å². The van der Waals surface area contributed by atoms with E-state index in [1.165, 1.54) is 30.7 Å². The summed E-state index contributed by atoms with van der Waals surface area (Å²) < 4.78 is 19.0. The van der Waals surface area contributed by atoms with Gasteiger partial charge in [0.2, 0.25) is 0 Å². The monoisotopic (exact) mass is 311 g/mol. The van der Waals surface area contributed by atoms with Crippen LogP contribution in [-0.2, 0) is 0 Å². The lowest BCUT2D eigenvalue weighted by molar-refractivity contribution is 0.278. The summed E-state index contributed by atoms with van der Waals surface area (Å²) >= 11 is 0. The second-order valence-corrected chi connectivity index (χ2v) is 6.67. The summed E-state index contributed by atoms with van der Waals surface area (Å²) in [5.41, 5.74) is 4.02. The molecule has 0 saturated carbocycles. The largest absolute Gasteiger partial charge is 0.494 e. The molecule has 3 atom stereocenters. The first kappa shape index (κ1) is 14.7. The molecule has 2 aliphatic rings. The molecule has 23 heavy (non-hydrogen) atoms. The van der Waals surface area contributed by atoms with Crippen molar-refractivity contribution in [3.63, 3.8) is 0 Å². The van der Waals surface area contributed by atoms with E-state index in [2.05, 4.69) is 29.6 Å². The maximum Gasteiger partial charge on any atom is 0.165 e. The van der Waals surface area contributed by atoms with Crippen molar-refractivity contribution < 1.29 is 9.13 Å². The molecule has 3 heteroatoms. The summed E-state index contributed by atoms with van der Waals surface area (Å²) in [4.78, 5) is 0. The highest BCUT2D eigenvalue weighted by atomic mass is 19.1. The van der Waals surface area contributed by atoms with Crippen molar-refractivity contribution in [3.05, 3.63) is 65.0 Å². The van der Waals surface area contributed by atoms with Gasteiger partial charge in [-0.15, -0.1) is 0 Å². The minimum absolute atomic E-state index is 0.292. The first-order valence-corrected chi connectivity index (χ1v) is 8.41.